The van der Waals surface area contributed by atoms with E-state index in [4.69, 9.17) is 33.0 Å². The summed E-state index contributed by atoms with van der Waals surface area (Å²) < 4.78 is 22.7. The van der Waals surface area contributed by atoms with Crippen molar-refractivity contribution < 1.29 is 38.2 Å². The van der Waals surface area contributed by atoms with Crippen molar-refractivity contribution in [2.75, 3.05) is 0 Å². The lowest BCUT2D eigenvalue weighted by atomic mass is 10.2. The molecule has 0 rings (SSSR count). The van der Waals surface area contributed by atoms with E-state index in [1.54, 1.807) is 0 Å². The van der Waals surface area contributed by atoms with E-state index in [1.165, 1.54) is 0 Å². The van der Waals surface area contributed by atoms with Gasteiger partial charge in [-0.1, -0.05) is 47.6 Å². The van der Waals surface area contributed by atoms with Crippen molar-refractivity contribution in [2.45, 2.75) is 36.4 Å². The zero-order chi connectivity index (χ0) is 15.3. The average Bonchev–Trinajstić information content (AvgIpc) is 2.25. The maximum Gasteiger partial charge on any atom is 0.413 e. The zero-order valence-electron chi connectivity index (χ0n) is 9.86. The quantitative estimate of drug-likeness (QED) is 0.198. The Kier molecular flexibility index (Phi) is 7.52. The second-order valence-corrected chi connectivity index (χ2v) is 9.91. The number of alkyl halides is 2. The Morgan fingerprint density at radius 1 is 1.21 bits per heavy atom. The van der Waals surface area contributed by atoms with E-state index in [-0.39, 0.29) is 6.42 Å². The molecule has 8 nitrogen and oxygen atoms in total. The Balaban J connectivity index is 4.51. The lowest BCUT2D eigenvalue weighted by molar-refractivity contribution is -0.217. The van der Waals surface area contributed by atoms with E-state index >= 15 is 0 Å². The Morgan fingerprint density at radius 2 is 1.74 bits per heavy atom. The average molecular weight is 359 g/mol. The number of halogens is 2. The van der Waals surface area contributed by atoms with Crippen molar-refractivity contribution in [1.29, 1.82) is 0 Å². The molecule has 0 radical (unpaired) electrons. The summed E-state index contributed by atoms with van der Waals surface area (Å²) in [7, 11) is -10.7. The maximum atomic E-state index is 11.4. The molecule has 0 aromatic heterocycles. The van der Waals surface area contributed by atoms with E-state index in [9.17, 15) is 18.8 Å². The molecule has 0 bridgehead atoms. The van der Waals surface area contributed by atoms with Gasteiger partial charge in [0.2, 0.25) is 0 Å². The number of hydrogen-bond acceptors (Lipinski definition) is 5. The van der Waals surface area contributed by atoms with Crippen LogP contribution in [0.2, 0.25) is 0 Å². The zero-order valence-corrected chi connectivity index (χ0v) is 13.2. The maximum absolute atomic E-state index is 11.4. The molecule has 19 heavy (non-hydrogen) atoms. The monoisotopic (exact) mass is 358 g/mol. The van der Waals surface area contributed by atoms with Crippen molar-refractivity contribution >= 4 is 44.4 Å². The van der Waals surface area contributed by atoms with Gasteiger partial charge < -0.3 is 14.7 Å². The Hall–Kier alpha value is 0.350. The molecule has 0 amide bonds. The fourth-order valence-corrected chi connectivity index (χ4v) is 2.72. The minimum Gasteiger partial charge on any atom is -0.322 e. The first-order chi connectivity index (χ1) is 8.45. The lowest BCUT2D eigenvalue weighted by Crippen LogP contribution is -2.17. The van der Waals surface area contributed by atoms with Crippen LogP contribution >= 0.6 is 38.4 Å². The van der Waals surface area contributed by atoms with Gasteiger partial charge in [-0.25, -0.2) is 4.79 Å². The van der Waals surface area contributed by atoms with Gasteiger partial charge in [0.1, 0.15) is 0 Å². The van der Waals surface area contributed by atoms with Crippen molar-refractivity contribution in [3.63, 3.8) is 0 Å². The Bertz CT molecular complexity index is 406. The van der Waals surface area contributed by atoms with Crippen LogP contribution in [-0.2, 0) is 23.5 Å². The molecule has 0 aromatic carbocycles. The highest BCUT2D eigenvalue weighted by atomic mass is 35.5. The summed E-state index contributed by atoms with van der Waals surface area (Å²) in [6.07, 6.45) is 1.97. The lowest BCUT2D eigenvalue weighted by Gasteiger charge is -2.23. The van der Waals surface area contributed by atoms with Gasteiger partial charge in [0.05, 0.1) is 0 Å². The summed E-state index contributed by atoms with van der Waals surface area (Å²) >= 11 is 10.2. The summed E-state index contributed by atoms with van der Waals surface area (Å²) in [6, 6.07) is 0. The molecule has 0 aliphatic rings. The number of hydrogen-bond donors (Lipinski definition) is 3. The van der Waals surface area contributed by atoms with Gasteiger partial charge >= 0.3 is 25.0 Å². The second kappa shape index (κ2) is 7.38. The Labute approximate surface area is 119 Å². The molecule has 0 heterocycles. The van der Waals surface area contributed by atoms with Crippen LogP contribution in [0.25, 0.3) is 0 Å². The van der Waals surface area contributed by atoms with Crippen LogP contribution in [0.1, 0.15) is 32.6 Å². The molecule has 114 valence electrons. The molecular formula is C7H14Cl2O8P2. The molecule has 0 saturated carbocycles. The minimum absolute atomic E-state index is 0.0820. The van der Waals surface area contributed by atoms with E-state index in [1.807, 2.05) is 6.92 Å². The highest BCUT2D eigenvalue weighted by molar-refractivity contribution is 7.78. The molecule has 0 spiro atoms. The smallest absolute Gasteiger partial charge is 0.322 e. The van der Waals surface area contributed by atoms with Gasteiger partial charge in [-0.2, -0.15) is 0 Å². The highest BCUT2D eigenvalue weighted by Gasteiger charge is 2.61. The molecule has 0 aliphatic carbocycles. The van der Waals surface area contributed by atoms with Crippen molar-refractivity contribution in [3.05, 3.63) is 0 Å². The summed E-state index contributed by atoms with van der Waals surface area (Å²) in [5, 5.41) is 0. The normalized spacial score (nSPS) is 15.9. The summed E-state index contributed by atoms with van der Waals surface area (Å²) in [4.78, 5) is 41.7. The fourth-order valence-electron chi connectivity index (χ4n) is 0.863. The van der Waals surface area contributed by atoms with Crippen LogP contribution in [0.5, 0.6) is 0 Å². The molecule has 0 fully saturated rings. The van der Waals surface area contributed by atoms with Crippen LogP contribution in [-0.4, -0.2) is 24.5 Å². The topological polar surface area (TPSA) is 130 Å². The highest BCUT2D eigenvalue weighted by Crippen LogP contribution is 2.75. The van der Waals surface area contributed by atoms with Crippen molar-refractivity contribution in [3.8, 4) is 0 Å². The predicted octanol–water partition coefficient (Wildman–Crippen LogP) is 2.49. The summed E-state index contributed by atoms with van der Waals surface area (Å²) in [6.45, 7) is 1.90. The van der Waals surface area contributed by atoms with Gasteiger partial charge in [0, 0.05) is 6.42 Å². The predicted molar refractivity (Wildman–Crippen MR) is 67.6 cm³/mol. The van der Waals surface area contributed by atoms with Crippen LogP contribution in [0.3, 0.4) is 0 Å². The third kappa shape index (κ3) is 5.69. The molecule has 3 N–H and O–H groups in total. The third-order valence-electron chi connectivity index (χ3n) is 1.91. The third-order valence-corrected chi connectivity index (χ3v) is 7.71. The van der Waals surface area contributed by atoms with E-state index in [0.29, 0.717) is 6.42 Å². The largest absolute Gasteiger partial charge is 0.413 e. The van der Waals surface area contributed by atoms with Gasteiger partial charge in [0.15, 0.2) is 0 Å². The van der Waals surface area contributed by atoms with E-state index in [2.05, 4.69) is 9.56 Å². The number of carbonyl (C=O) groups excluding carboxylic acids is 1. The van der Waals surface area contributed by atoms with Gasteiger partial charge in [-0.15, -0.1) is 0 Å². The number of carbonyl (C=O) groups is 1. The van der Waals surface area contributed by atoms with Crippen LogP contribution in [0, 0.1) is 0 Å². The minimum atomic E-state index is -5.37. The molecule has 12 heteroatoms. The van der Waals surface area contributed by atoms with Crippen LogP contribution in [0.15, 0.2) is 0 Å². The molecule has 1 unspecified atom stereocenters. The van der Waals surface area contributed by atoms with E-state index < -0.39 is 25.0 Å². The first-order valence-electron chi connectivity index (χ1n) is 5.11. The van der Waals surface area contributed by atoms with Crippen molar-refractivity contribution in [1.82, 2.24) is 0 Å². The fraction of sp³-hybridized carbons (Fsp3) is 0.857. The standard InChI is InChI=1S/C7H14Cl2O8P2/c1-2-3-4-5-6(10)16-17-19(14,15)7(8,9)18(11,12)13/h2-5H2,1H3,(H,14,15)(H2,11,12,13). The summed E-state index contributed by atoms with van der Waals surface area (Å²) in [5.41, 5.74) is 0. The second-order valence-electron chi connectivity index (χ2n) is 3.56. The van der Waals surface area contributed by atoms with Gasteiger partial charge in [-0.05, 0) is 6.42 Å². The molecule has 0 aliphatic heterocycles. The van der Waals surface area contributed by atoms with Crippen LogP contribution in [0.4, 0.5) is 0 Å². The van der Waals surface area contributed by atoms with E-state index in [0.717, 1.165) is 12.8 Å². The molecule has 0 saturated heterocycles. The van der Waals surface area contributed by atoms with Crippen molar-refractivity contribution in [2.24, 2.45) is 0 Å². The number of unbranched alkanes of at least 4 members (excludes halogenated alkanes) is 2. The molecule has 1 atom stereocenters. The summed E-state index contributed by atoms with van der Waals surface area (Å²) in [5.74, 6) is -0.974. The molecular weight excluding hydrogens is 345 g/mol. The SMILES string of the molecule is CCCCCC(=O)OOP(=O)(O)C(Cl)(Cl)P(=O)(O)O. The first kappa shape index (κ1) is 19.4. The first-order valence-corrected chi connectivity index (χ1v) is 9.05. The van der Waals surface area contributed by atoms with Crippen LogP contribution < -0.4 is 0 Å². The number of rotatable bonds is 8. The van der Waals surface area contributed by atoms with Gasteiger partial charge in [-0.3, -0.25) is 14.0 Å². The molecule has 0 aromatic rings. The Morgan fingerprint density at radius 3 is 2.16 bits per heavy atom. The van der Waals surface area contributed by atoms with Gasteiger partial charge in [0.25, 0.3) is 0 Å².